The Bertz CT molecular complexity index is 803. The molecule has 1 heterocycles. The number of benzene rings is 1. The third-order valence-corrected chi connectivity index (χ3v) is 3.74. The molecule has 0 bridgehead atoms. The number of rotatable bonds is 10. The molecule has 1 aromatic carbocycles. The number of non-ortho nitro benzene ring substituents is 1. The lowest BCUT2D eigenvalue weighted by molar-refractivity contribution is -0.384. The van der Waals surface area contributed by atoms with E-state index in [2.05, 4.69) is 20.6 Å². The van der Waals surface area contributed by atoms with Crippen molar-refractivity contribution in [3.63, 3.8) is 0 Å². The number of nitriles is 1. The van der Waals surface area contributed by atoms with Gasteiger partial charge in [-0.2, -0.15) is 5.26 Å². The Morgan fingerprint density at radius 1 is 1.21 bits per heavy atom. The molecule has 0 fully saturated rings. The summed E-state index contributed by atoms with van der Waals surface area (Å²) in [6.07, 6.45) is 8.96. The summed E-state index contributed by atoms with van der Waals surface area (Å²) in [5.41, 5.74) is 0.716. The predicted molar refractivity (Wildman–Crippen MR) is 105 cm³/mol. The van der Waals surface area contributed by atoms with Crippen LogP contribution >= 0.6 is 0 Å². The van der Waals surface area contributed by atoms with Gasteiger partial charge in [-0.05, 0) is 37.1 Å². The highest BCUT2D eigenvalue weighted by Crippen LogP contribution is 2.17. The van der Waals surface area contributed by atoms with Gasteiger partial charge in [0, 0.05) is 24.9 Å². The number of nitro groups is 1. The van der Waals surface area contributed by atoms with Crippen molar-refractivity contribution in [1.29, 1.82) is 5.26 Å². The number of ether oxygens (including phenoxy) is 1. The second kappa shape index (κ2) is 11.9. The number of hydrogen-bond acceptors (Lipinski definition) is 6. The molecule has 0 saturated heterocycles. The van der Waals surface area contributed by atoms with Crippen molar-refractivity contribution in [1.82, 2.24) is 15.6 Å². The van der Waals surface area contributed by atoms with Crippen molar-refractivity contribution in [2.24, 2.45) is 4.99 Å². The van der Waals surface area contributed by atoms with Crippen LogP contribution in [0.3, 0.4) is 0 Å². The van der Waals surface area contributed by atoms with E-state index in [1.54, 1.807) is 36.7 Å². The van der Waals surface area contributed by atoms with Gasteiger partial charge in [0.2, 0.25) is 5.96 Å². The van der Waals surface area contributed by atoms with Gasteiger partial charge in [0.25, 0.3) is 5.69 Å². The molecule has 0 unspecified atom stereocenters. The topological polar surface area (TPSA) is 125 Å². The Kier molecular flexibility index (Phi) is 8.74. The lowest BCUT2D eigenvalue weighted by Gasteiger charge is -2.08. The van der Waals surface area contributed by atoms with Crippen molar-refractivity contribution in [3.05, 3.63) is 58.9 Å². The fourth-order valence-corrected chi connectivity index (χ4v) is 2.36. The van der Waals surface area contributed by atoms with E-state index in [-0.39, 0.29) is 5.69 Å². The SMILES string of the molecule is N#CN/C(=N\c1cccnc1)NCCCCCCOc1ccc([N+](=O)[O-])cc1. The van der Waals surface area contributed by atoms with Crippen LogP contribution in [0.5, 0.6) is 5.75 Å². The number of hydrogen-bond donors (Lipinski definition) is 2. The standard InChI is InChI=1S/C19H22N6O3/c20-15-23-19(24-16-6-5-11-21-14-16)22-12-3-1-2-4-13-28-18-9-7-17(8-10-18)25(26)27/h5-11,14H,1-4,12-13H2,(H2,22,23,24). The molecule has 2 N–H and O–H groups in total. The van der Waals surface area contributed by atoms with Crippen molar-refractivity contribution < 1.29 is 9.66 Å². The van der Waals surface area contributed by atoms with Crippen LogP contribution in [0.1, 0.15) is 25.7 Å². The fourth-order valence-electron chi connectivity index (χ4n) is 2.36. The van der Waals surface area contributed by atoms with Gasteiger partial charge in [-0.1, -0.05) is 12.8 Å². The average Bonchev–Trinajstić information content (AvgIpc) is 2.71. The van der Waals surface area contributed by atoms with Gasteiger partial charge in [0.15, 0.2) is 6.19 Å². The first-order valence-electron chi connectivity index (χ1n) is 8.94. The zero-order valence-electron chi connectivity index (χ0n) is 15.4. The van der Waals surface area contributed by atoms with E-state index in [1.807, 2.05) is 6.19 Å². The number of nitrogens with one attached hydrogen (secondary N) is 2. The molecule has 0 amide bonds. The van der Waals surface area contributed by atoms with Crippen molar-refractivity contribution in [2.75, 3.05) is 13.2 Å². The van der Waals surface area contributed by atoms with Crippen LogP contribution in [0.15, 0.2) is 53.8 Å². The number of aromatic nitrogens is 1. The predicted octanol–water partition coefficient (Wildman–Crippen LogP) is 3.28. The van der Waals surface area contributed by atoms with Gasteiger partial charge in [-0.25, -0.2) is 4.99 Å². The molecule has 0 aliphatic carbocycles. The lowest BCUT2D eigenvalue weighted by Crippen LogP contribution is -2.34. The van der Waals surface area contributed by atoms with Crippen LogP contribution in [0, 0.1) is 21.6 Å². The molecule has 0 atom stereocenters. The van der Waals surface area contributed by atoms with Gasteiger partial charge in [-0.3, -0.25) is 20.4 Å². The summed E-state index contributed by atoms with van der Waals surface area (Å²) >= 11 is 0. The maximum Gasteiger partial charge on any atom is 0.269 e. The fraction of sp³-hybridized carbons (Fsp3) is 0.316. The van der Waals surface area contributed by atoms with E-state index >= 15 is 0 Å². The maximum absolute atomic E-state index is 10.6. The average molecular weight is 382 g/mol. The molecule has 0 radical (unpaired) electrons. The van der Waals surface area contributed by atoms with Crippen LogP contribution in [-0.4, -0.2) is 29.0 Å². The Morgan fingerprint density at radius 3 is 2.68 bits per heavy atom. The summed E-state index contributed by atoms with van der Waals surface area (Å²) in [6, 6.07) is 9.66. The summed E-state index contributed by atoms with van der Waals surface area (Å²) in [4.78, 5) is 18.4. The number of nitro benzene ring substituents is 1. The number of pyridine rings is 1. The Morgan fingerprint density at radius 2 is 2.00 bits per heavy atom. The van der Waals surface area contributed by atoms with Crippen molar-refractivity contribution in [3.8, 4) is 11.9 Å². The van der Waals surface area contributed by atoms with E-state index in [9.17, 15) is 10.1 Å². The minimum Gasteiger partial charge on any atom is -0.494 e. The second-order valence-corrected chi connectivity index (χ2v) is 5.85. The number of nitrogens with zero attached hydrogens (tertiary/aromatic N) is 4. The summed E-state index contributed by atoms with van der Waals surface area (Å²) < 4.78 is 5.57. The highest BCUT2D eigenvalue weighted by Gasteiger charge is 2.04. The maximum atomic E-state index is 10.6. The van der Waals surface area contributed by atoms with Gasteiger partial charge in [-0.15, -0.1) is 0 Å². The monoisotopic (exact) mass is 382 g/mol. The number of unbranched alkanes of at least 4 members (excludes halogenated alkanes) is 3. The molecule has 2 rings (SSSR count). The molecule has 9 nitrogen and oxygen atoms in total. The first kappa shape index (κ1) is 20.6. The molecule has 0 aliphatic rings. The second-order valence-electron chi connectivity index (χ2n) is 5.85. The van der Waals surface area contributed by atoms with Gasteiger partial charge in [0.05, 0.1) is 23.4 Å². The minimum atomic E-state index is -0.434. The minimum absolute atomic E-state index is 0.0529. The quantitative estimate of drug-likeness (QED) is 0.123. The molecule has 0 aliphatic heterocycles. The highest BCUT2D eigenvalue weighted by molar-refractivity contribution is 5.83. The van der Waals surface area contributed by atoms with E-state index < -0.39 is 4.92 Å². The number of aliphatic imine (C=N–C) groups is 1. The van der Waals surface area contributed by atoms with Gasteiger partial charge >= 0.3 is 0 Å². The molecular formula is C19H22N6O3. The summed E-state index contributed by atoms with van der Waals surface area (Å²) in [5.74, 6) is 1.03. The van der Waals surface area contributed by atoms with E-state index in [1.165, 1.54) is 12.1 Å². The molecule has 9 heteroatoms. The first-order valence-corrected chi connectivity index (χ1v) is 8.94. The zero-order chi connectivity index (χ0) is 20.0. The van der Waals surface area contributed by atoms with Crippen LogP contribution in [-0.2, 0) is 0 Å². The molecule has 0 saturated carbocycles. The number of guanidine groups is 1. The summed E-state index contributed by atoms with van der Waals surface area (Å²) in [6.45, 7) is 1.26. The van der Waals surface area contributed by atoms with Crippen LogP contribution in [0.2, 0.25) is 0 Å². The van der Waals surface area contributed by atoms with Crippen molar-refractivity contribution in [2.45, 2.75) is 25.7 Å². The Labute approximate surface area is 163 Å². The van der Waals surface area contributed by atoms with Gasteiger partial charge < -0.3 is 10.1 Å². The van der Waals surface area contributed by atoms with E-state index in [4.69, 9.17) is 10.00 Å². The van der Waals surface area contributed by atoms with E-state index in [0.29, 0.717) is 30.5 Å². The normalized spacial score (nSPS) is 10.8. The molecule has 146 valence electrons. The van der Waals surface area contributed by atoms with Crippen LogP contribution < -0.4 is 15.4 Å². The Balaban J connectivity index is 1.59. The Hall–Kier alpha value is -3.67. The molecule has 2 aromatic rings. The molecule has 28 heavy (non-hydrogen) atoms. The molecular weight excluding hydrogens is 360 g/mol. The largest absolute Gasteiger partial charge is 0.494 e. The molecule has 0 spiro atoms. The molecule has 1 aromatic heterocycles. The first-order chi connectivity index (χ1) is 13.7. The lowest BCUT2D eigenvalue weighted by atomic mass is 10.2. The smallest absolute Gasteiger partial charge is 0.269 e. The summed E-state index contributed by atoms with van der Waals surface area (Å²) in [5, 5.41) is 25.0. The summed E-state index contributed by atoms with van der Waals surface area (Å²) in [7, 11) is 0. The van der Waals surface area contributed by atoms with E-state index in [0.717, 1.165) is 25.7 Å². The third-order valence-electron chi connectivity index (χ3n) is 3.74. The van der Waals surface area contributed by atoms with Gasteiger partial charge in [0.1, 0.15) is 5.75 Å². The van der Waals surface area contributed by atoms with Crippen molar-refractivity contribution >= 4 is 17.3 Å². The zero-order valence-corrected chi connectivity index (χ0v) is 15.4. The van der Waals surface area contributed by atoms with Crippen LogP contribution in [0.25, 0.3) is 0 Å². The van der Waals surface area contributed by atoms with Crippen LogP contribution in [0.4, 0.5) is 11.4 Å². The highest BCUT2D eigenvalue weighted by atomic mass is 16.6. The third kappa shape index (κ3) is 7.70.